The van der Waals surface area contributed by atoms with Crippen molar-refractivity contribution < 1.29 is 22.1 Å². The Morgan fingerprint density at radius 1 is 1.04 bits per heavy atom. The van der Waals surface area contributed by atoms with Gasteiger partial charge in [0, 0.05) is 11.1 Å². The molecular formula is C18H20O5S. The van der Waals surface area contributed by atoms with Crippen LogP contribution in [0.1, 0.15) is 32.6 Å². The Hall–Kier alpha value is -2.34. The number of hydrogen-bond donors (Lipinski definition) is 0. The molecule has 0 atom stereocenters. The molecular weight excluding hydrogens is 328 g/mol. The van der Waals surface area contributed by atoms with Crippen LogP contribution in [0.4, 0.5) is 0 Å². The number of carbonyl (C=O) groups excluding carboxylic acids is 1. The fourth-order valence-corrected chi connectivity index (χ4v) is 2.97. The predicted octanol–water partition coefficient (Wildman–Crippen LogP) is 3.34. The van der Waals surface area contributed by atoms with Crippen LogP contribution in [0.2, 0.25) is 0 Å². The summed E-state index contributed by atoms with van der Waals surface area (Å²) >= 11 is 0. The van der Waals surface area contributed by atoms with Crippen molar-refractivity contribution in [3.63, 3.8) is 0 Å². The fraction of sp³-hybridized carbons (Fsp3) is 0.278. The molecule has 0 aromatic heterocycles. The molecule has 0 radical (unpaired) electrons. The zero-order chi connectivity index (χ0) is 17.9. The molecule has 2 aromatic carbocycles. The molecule has 0 saturated carbocycles. The lowest BCUT2D eigenvalue weighted by Crippen LogP contribution is -2.08. The Morgan fingerprint density at radius 3 is 2.21 bits per heavy atom. The van der Waals surface area contributed by atoms with Gasteiger partial charge in [0.1, 0.15) is 18.1 Å². The monoisotopic (exact) mass is 348 g/mol. The van der Waals surface area contributed by atoms with Gasteiger partial charge in [0.15, 0.2) is 6.29 Å². The van der Waals surface area contributed by atoms with Crippen LogP contribution in [0.15, 0.2) is 30.3 Å². The molecule has 6 heteroatoms. The molecule has 0 heterocycles. The maximum atomic E-state index is 11.4. The lowest BCUT2D eigenvalue weighted by Gasteiger charge is -2.15. The first-order valence-electron chi connectivity index (χ1n) is 7.38. The molecule has 0 N–H and O–H groups in total. The summed E-state index contributed by atoms with van der Waals surface area (Å²) in [6.07, 6.45) is 1.71. The molecule has 0 bridgehead atoms. The van der Waals surface area contributed by atoms with Gasteiger partial charge in [-0.2, -0.15) is 8.42 Å². The van der Waals surface area contributed by atoms with Crippen LogP contribution < -0.4 is 8.92 Å². The molecule has 0 spiro atoms. The van der Waals surface area contributed by atoms with Crippen molar-refractivity contribution in [2.45, 2.75) is 27.4 Å². The second-order valence-corrected chi connectivity index (χ2v) is 7.30. The van der Waals surface area contributed by atoms with Crippen LogP contribution in [0.5, 0.6) is 11.5 Å². The van der Waals surface area contributed by atoms with Crippen molar-refractivity contribution in [2.75, 3.05) is 6.26 Å². The second kappa shape index (κ2) is 7.05. The minimum Gasteiger partial charge on any atom is -0.488 e. The van der Waals surface area contributed by atoms with E-state index in [0.29, 0.717) is 16.7 Å². The number of carbonyl (C=O) groups is 1. The third-order valence-electron chi connectivity index (χ3n) is 3.59. The highest BCUT2D eigenvalue weighted by molar-refractivity contribution is 7.86. The molecule has 24 heavy (non-hydrogen) atoms. The van der Waals surface area contributed by atoms with Gasteiger partial charge in [0.05, 0.1) is 6.26 Å². The zero-order valence-electron chi connectivity index (χ0n) is 14.1. The van der Waals surface area contributed by atoms with E-state index >= 15 is 0 Å². The van der Waals surface area contributed by atoms with Crippen molar-refractivity contribution in [3.05, 3.63) is 58.1 Å². The number of benzene rings is 2. The third-order valence-corrected chi connectivity index (χ3v) is 4.09. The fourth-order valence-electron chi connectivity index (χ4n) is 2.52. The van der Waals surface area contributed by atoms with E-state index in [1.54, 1.807) is 6.92 Å². The molecule has 0 aliphatic carbocycles. The average Bonchev–Trinajstić information content (AvgIpc) is 2.44. The predicted molar refractivity (Wildman–Crippen MR) is 92.3 cm³/mol. The number of aryl methyl sites for hydroxylation is 3. The number of ether oxygens (including phenoxy) is 1. The SMILES string of the molecule is Cc1cc(OS(C)(=O)=O)cc(COc2c(C)cccc2C)c1C=O. The number of aldehydes is 1. The van der Waals surface area contributed by atoms with Crippen LogP contribution in [-0.4, -0.2) is 21.0 Å². The van der Waals surface area contributed by atoms with E-state index in [4.69, 9.17) is 8.92 Å². The molecule has 0 saturated heterocycles. The largest absolute Gasteiger partial charge is 0.488 e. The Balaban J connectivity index is 2.36. The van der Waals surface area contributed by atoms with E-state index in [9.17, 15) is 13.2 Å². The first-order valence-corrected chi connectivity index (χ1v) is 9.20. The smallest absolute Gasteiger partial charge is 0.306 e. The Kier molecular flexibility index (Phi) is 5.29. The Labute approximate surface area is 142 Å². The first kappa shape index (κ1) is 18.0. The summed E-state index contributed by atoms with van der Waals surface area (Å²) in [5, 5.41) is 0. The van der Waals surface area contributed by atoms with E-state index in [-0.39, 0.29) is 12.4 Å². The highest BCUT2D eigenvalue weighted by Crippen LogP contribution is 2.27. The lowest BCUT2D eigenvalue weighted by atomic mass is 10.0. The number of rotatable bonds is 6. The van der Waals surface area contributed by atoms with E-state index in [0.717, 1.165) is 29.4 Å². The van der Waals surface area contributed by atoms with Crippen molar-refractivity contribution in [2.24, 2.45) is 0 Å². The summed E-state index contributed by atoms with van der Waals surface area (Å²) < 4.78 is 33.4. The molecule has 0 unspecified atom stereocenters. The third kappa shape index (κ3) is 4.35. The van der Waals surface area contributed by atoms with E-state index in [1.165, 1.54) is 12.1 Å². The Bertz CT molecular complexity index is 849. The molecule has 2 rings (SSSR count). The van der Waals surface area contributed by atoms with Crippen LogP contribution >= 0.6 is 0 Å². The van der Waals surface area contributed by atoms with Gasteiger partial charge in [-0.25, -0.2) is 0 Å². The highest BCUT2D eigenvalue weighted by Gasteiger charge is 2.13. The van der Waals surface area contributed by atoms with Gasteiger partial charge < -0.3 is 8.92 Å². The maximum Gasteiger partial charge on any atom is 0.306 e. The average molecular weight is 348 g/mol. The van der Waals surface area contributed by atoms with Gasteiger partial charge in [-0.3, -0.25) is 4.79 Å². The summed E-state index contributed by atoms with van der Waals surface area (Å²) in [6.45, 7) is 5.75. The van der Waals surface area contributed by atoms with E-state index < -0.39 is 10.1 Å². The maximum absolute atomic E-state index is 11.4. The zero-order valence-corrected chi connectivity index (χ0v) is 14.9. The molecule has 0 amide bonds. The quantitative estimate of drug-likeness (QED) is 0.591. The van der Waals surface area contributed by atoms with Crippen LogP contribution in [0.25, 0.3) is 0 Å². The van der Waals surface area contributed by atoms with Gasteiger partial charge in [-0.05, 0) is 49.6 Å². The van der Waals surface area contributed by atoms with Gasteiger partial charge in [0.25, 0.3) is 0 Å². The van der Waals surface area contributed by atoms with Crippen molar-refractivity contribution >= 4 is 16.4 Å². The molecule has 5 nitrogen and oxygen atoms in total. The lowest BCUT2D eigenvalue weighted by molar-refractivity contribution is 0.112. The first-order chi connectivity index (χ1) is 11.2. The standard InChI is InChI=1S/C18H20O5S/c1-12-6-5-7-13(2)18(12)22-11-15-9-16(23-24(4,20)21)8-14(3)17(15)10-19/h5-10H,11H2,1-4H3. The number of hydrogen-bond acceptors (Lipinski definition) is 5. The van der Waals surface area contributed by atoms with Crippen molar-refractivity contribution in [1.82, 2.24) is 0 Å². The minimum absolute atomic E-state index is 0.140. The molecule has 0 aliphatic heterocycles. The molecule has 0 aliphatic rings. The topological polar surface area (TPSA) is 69.7 Å². The van der Waals surface area contributed by atoms with Gasteiger partial charge in [0.2, 0.25) is 0 Å². The van der Waals surface area contributed by atoms with Crippen LogP contribution in [0, 0.1) is 20.8 Å². The Morgan fingerprint density at radius 2 is 1.67 bits per heavy atom. The van der Waals surface area contributed by atoms with Gasteiger partial charge in [-0.1, -0.05) is 18.2 Å². The highest BCUT2D eigenvalue weighted by atomic mass is 32.2. The second-order valence-electron chi connectivity index (χ2n) is 5.73. The van der Waals surface area contributed by atoms with Gasteiger partial charge >= 0.3 is 10.1 Å². The summed E-state index contributed by atoms with van der Waals surface area (Å²) in [4.78, 5) is 11.4. The summed E-state index contributed by atoms with van der Waals surface area (Å²) in [5.41, 5.74) is 3.66. The molecule has 128 valence electrons. The summed E-state index contributed by atoms with van der Waals surface area (Å²) in [7, 11) is -3.64. The molecule has 0 fully saturated rings. The van der Waals surface area contributed by atoms with E-state index in [2.05, 4.69) is 0 Å². The van der Waals surface area contributed by atoms with E-state index in [1.807, 2.05) is 32.0 Å². The van der Waals surface area contributed by atoms with Crippen molar-refractivity contribution in [1.29, 1.82) is 0 Å². The minimum atomic E-state index is -3.64. The summed E-state index contributed by atoms with van der Waals surface area (Å²) in [5.74, 6) is 0.919. The normalized spacial score (nSPS) is 11.2. The summed E-state index contributed by atoms with van der Waals surface area (Å²) in [6, 6.07) is 8.87. The number of para-hydroxylation sites is 1. The van der Waals surface area contributed by atoms with Crippen molar-refractivity contribution in [3.8, 4) is 11.5 Å². The van der Waals surface area contributed by atoms with Crippen LogP contribution in [0.3, 0.4) is 0 Å². The van der Waals surface area contributed by atoms with Crippen LogP contribution in [-0.2, 0) is 16.7 Å². The molecule has 2 aromatic rings. The van der Waals surface area contributed by atoms with Gasteiger partial charge in [-0.15, -0.1) is 0 Å².